The van der Waals surface area contributed by atoms with Crippen LogP contribution in [0.4, 0.5) is 0 Å². The minimum absolute atomic E-state index is 0. The van der Waals surface area contributed by atoms with Crippen molar-refractivity contribution in [3.05, 3.63) is 71.3 Å². The van der Waals surface area contributed by atoms with Gasteiger partial charge >= 0.3 is 29.6 Å². The maximum Gasteiger partial charge on any atom is 1.00 e. The van der Waals surface area contributed by atoms with E-state index in [1.165, 1.54) is 0 Å². The fourth-order valence-electron chi connectivity index (χ4n) is 1.64. The predicted molar refractivity (Wildman–Crippen MR) is 68.9 cm³/mol. The quantitative estimate of drug-likeness (QED) is 0.423. The molecule has 0 bridgehead atoms. The van der Waals surface area contributed by atoms with Crippen molar-refractivity contribution in [2.24, 2.45) is 0 Å². The molecule has 5 heteroatoms. The summed E-state index contributed by atoms with van der Waals surface area (Å²) in [6.07, 6.45) is 0. The van der Waals surface area contributed by atoms with Crippen LogP contribution in [0.1, 0.15) is 21.5 Å². The molecule has 2 rings (SSSR count). The summed E-state index contributed by atoms with van der Waals surface area (Å²) >= 11 is -2.10. The molecule has 19 heavy (non-hydrogen) atoms. The van der Waals surface area contributed by atoms with E-state index in [4.69, 9.17) is 0 Å². The zero-order valence-corrected chi connectivity index (χ0v) is 13.4. The van der Waals surface area contributed by atoms with Crippen molar-refractivity contribution in [3.8, 4) is 0 Å². The Labute approximate surface area is 136 Å². The van der Waals surface area contributed by atoms with Gasteiger partial charge in [0.15, 0.2) is 5.78 Å². The van der Waals surface area contributed by atoms with Crippen molar-refractivity contribution >= 4 is 16.9 Å². The van der Waals surface area contributed by atoms with Gasteiger partial charge < -0.3 is 4.55 Å². The molecule has 0 fully saturated rings. The van der Waals surface area contributed by atoms with Gasteiger partial charge in [0.25, 0.3) is 0 Å². The van der Waals surface area contributed by atoms with Gasteiger partial charge in [-0.15, -0.1) is 0 Å². The first-order chi connectivity index (χ1) is 8.66. The third-order valence-electron chi connectivity index (χ3n) is 2.54. The molecule has 0 saturated carbocycles. The third-order valence-corrected chi connectivity index (χ3v) is 3.11. The summed E-state index contributed by atoms with van der Waals surface area (Å²) in [7, 11) is 0. The summed E-state index contributed by atoms with van der Waals surface area (Å²) < 4.78 is 21.1. The van der Waals surface area contributed by atoms with Crippen LogP contribution in [0.15, 0.2) is 54.6 Å². The molecule has 2 aromatic carbocycles. The number of benzene rings is 2. The normalized spacial score (nSPS) is 11.4. The van der Waals surface area contributed by atoms with Crippen LogP contribution >= 0.6 is 0 Å². The molecular weight excluding hydrogens is 271 g/mol. The van der Waals surface area contributed by atoms with Gasteiger partial charge in [-0.3, -0.25) is 9.00 Å². The van der Waals surface area contributed by atoms with Gasteiger partial charge in [-0.25, -0.2) is 0 Å². The molecule has 0 aliphatic rings. The molecule has 2 aromatic rings. The fourth-order valence-corrected chi connectivity index (χ4v) is 2.11. The van der Waals surface area contributed by atoms with Gasteiger partial charge in [0.2, 0.25) is 0 Å². The van der Waals surface area contributed by atoms with Crippen LogP contribution in [0.5, 0.6) is 0 Å². The zero-order valence-electron chi connectivity index (χ0n) is 10.5. The van der Waals surface area contributed by atoms with Crippen molar-refractivity contribution < 1.29 is 43.1 Å². The van der Waals surface area contributed by atoms with E-state index < -0.39 is 11.1 Å². The first-order valence-corrected chi connectivity index (χ1v) is 6.66. The summed E-state index contributed by atoms with van der Waals surface area (Å²) in [6, 6.07) is 15.6. The van der Waals surface area contributed by atoms with Crippen LogP contribution in [-0.2, 0) is 16.8 Å². The molecule has 1 unspecified atom stereocenters. The van der Waals surface area contributed by atoms with E-state index >= 15 is 0 Å². The Morgan fingerprint density at radius 1 is 0.947 bits per heavy atom. The second-order valence-corrected chi connectivity index (χ2v) is 4.74. The Hall–Kier alpha value is -0.780. The SMILES string of the molecule is O=C(c1ccccc1)c1ccc(CS(=O)[O-])cc1.[Na+]. The molecule has 0 radical (unpaired) electrons. The number of hydrogen-bond donors (Lipinski definition) is 0. The average molecular weight is 282 g/mol. The third kappa shape index (κ3) is 4.67. The van der Waals surface area contributed by atoms with Crippen LogP contribution in [0.3, 0.4) is 0 Å². The molecule has 0 N–H and O–H groups in total. The summed E-state index contributed by atoms with van der Waals surface area (Å²) in [5.41, 5.74) is 1.85. The number of rotatable bonds is 4. The molecule has 0 aliphatic heterocycles. The van der Waals surface area contributed by atoms with Gasteiger partial charge in [-0.2, -0.15) is 0 Å². The maximum atomic E-state index is 12.1. The van der Waals surface area contributed by atoms with E-state index in [0.29, 0.717) is 16.7 Å². The van der Waals surface area contributed by atoms with Gasteiger partial charge in [0.05, 0.1) is 0 Å². The Bertz CT molecular complexity index is 567. The van der Waals surface area contributed by atoms with Crippen molar-refractivity contribution in [2.75, 3.05) is 0 Å². The van der Waals surface area contributed by atoms with Crippen LogP contribution < -0.4 is 29.6 Å². The van der Waals surface area contributed by atoms with E-state index in [1.807, 2.05) is 18.2 Å². The maximum absolute atomic E-state index is 12.1. The number of carbonyl (C=O) groups excluding carboxylic acids is 1. The molecule has 0 saturated heterocycles. The smallest absolute Gasteiger partial charge is 0.772 e. The Balaban J connectivity index is 0.00000180. The number of ketones is 1. The van der Waals surface area contributed by atoms with E-state index in [2.05, 4.69) is 0 Å². The van der Waals surface area contributed by atoms with E-state index in [9.17, 15) is 13.6 Å². The Kier molecular flexibility index (Phi) is 6.62. The topological polar surface area (TPSA) is 57.2 Å². The molecule has 0 amide bonds. The van der Waals surface area contributed by atoms with Crippen molar-refractivity contribution in [2.45, 2.75) is 5.75 Å². The zero-order chi connectivity index (χ0) is 13.0. The van der Waals surface area contributed by atoms with Crippen molar-refractivity contribution in [3.63, 3.8) is 0 Å². The second-order valence-electron chi connectivity index (χ2n) is 3.84. The largest absolute Gasteiger partial charge is 1.00 e. The van der Waals surface area contributed by atoms with Crippen LogP contribution in [0, 0.1) is 0 Å². The van der Waals surface area contributed by atoms with Gasteiger partial charge in [0.1, 0.15) is 0 Å². The second kappa shape index (κ2) is 7.72. The molecule has 3 nitrogen and oxygen atoms in total. The van der Waals surface area contributed by atoms with Crippen molar-refractivity contribution in [1.29, 1.82) is 0 Å². The summed E-state index contributed by atoms with van der Waals surface area (Å²) in [4.78, 5) is 12.1. The standard InChI is InChI=1S/C14H12O3S.Na/c15-14(12-4-2-1-3-5-12)13-8-6-11(7-9-13)10-18(16)17;/h1-9H,10H2,(H,16,17);/q;+1/p-1. The number of carbonyl (C=O) groups is 1. The molecular formula is C14H11NaO3S. The van der Waals surface area contributed by atoms with E-state index in [-0.39, 0.29) is 41.1 Å². The van der Waals surface area contributed by atoms with E-state index in [1.54, 1.807) is 36.4 Å². The summed E-state index contributed by atoms with van der Waals surface area (Å²) in [5.74, 6) is -0.0924. The van der Waals surface area contributed by atoms with Gasteiger partial charge in [-0.05, 0) is 5.56 Å². The summed E-state index contributed by atoms with van der Waals surface area (Å²) in [6.45, 7) is 0. The van der Waals surface area contributed by atoms with Gasteiger partial charge in [-0.1, -0.05) is 65.7 Å². The Morgan fingerprint density at radius 3 is 2.00 bits per heavy atom. The monoisotopic (exact) mass is 282 g/mol. The molecule has 1 atom stereocenters. The first-order valence-electron chi connectivity index (χ1n) is 5.41. The molecule has 0 heterocycles. The molecule has 0 spiro atoms. The molecule has 0 aliphatic carbocycles. The molecule has 92 valence electrons. The van der Waals surface area contributed by atoms with Crippen LogP contribution in [-0.4, -0.2) is 14.5 Å². The van der Waals surface area contributed by atoms with Crippen LogP contribution in [0.25, 0.3) is 0 Å². The summed E-state index contributed by atoms with van der Waals surface area (Å²) in [5, 5.41) is 0. The minimum Gasteiger partial charge on any atom is -0.772 e. The predicted octanol–water partition coefficient (Wildman–Crippen LogP) is -0.699. The molecule has 0 aromatic heterocycles. The first kappa shape index (κ1) is 16.3. The minimum atomic E-state index is -2.10. The average Bonchev–Trinajstić information content (AvgIpc) is 2.39. The van der Waals surface area contributed by atoms with Crippen LogP contribution in [0.2, 0.25) is 0 Å². The van der Waals surface area contributed by atoms with Crippen molar-refractivity contribution in [1.82, 2.24) is 0 Å². The van der Waals surface area contributed by atoms with Gasteiger partial charge in [0, 0.05) is 16.9 Å². The Morgan fingerprint density at radius 2 is 1.47 bits per heavy atom. The number of hydrogen-bond acceptors (Lipinski definition) is 3. The fraction of sp³-hybridized carbons (Fsp3) is 0.0714. The van der Waals surface area contributed by atoms with E-state index in [0.717, 1.165) is 0 Å².